The summed E-state index contributed by atoms with van der Waals surface area (Å²) in [6.07, 6.45) is 0.154. The van der Waals surface area contributed by atoms with Gasteiger partial charge in [-0.3, -0.25) is 9.59 Å². The van der Waals surface area contributed by atoms with Gasteiger partial charge in [-0.05, 0) is 36.8 Å². The van der Waals surface area contributed by atoms with Crippen molar-refractivity contribution in [3.05, 3.63) is 59.7 Å². The number of carbonyl (C=O) groups is 3. The third kappa shape index (κ3) is 4.56. The topological polar surface area (TPSA) is 87.2 Å². The number of carboxylic acid groups (broad SMARTS) is 1. The first-order valence-electron chi connectivity index (χ1n) is 9.50. The summed E-state index contributed by atoms with van der Waals surface area (Å²) in [5.41, 5.74) is 1.71. The molecule has 0 aliphatic carbocycles. The summed E-state index contributed by atoms with van der Waals surface area (Å²) >= 11 is 0. The molecule has 1 aliphatic rings. The molecule has 2 amide bonds. The Bertz CT molecular complexity index is 910. The minimum Gasteiger partial charge on any atom is -0.492 e. The van der Waals surface area contributed by atoms with Crippen molar-refractivity contribution < 1.29 is 24.2 Å². The molecule has 1 atom stereocenters. The molecule has 0 bridgehead atoms. The maximum Gasteiger partial charge on any atom is 0.335 e. The van der Waals surface area contributed by atoms with Gasteiger partial charge in [0.1, 0.15) is 5.75 Å². The molecule has 1 heterocycles. The minimum atomic E-state index is -0.988. The SMILES string of the molecule is CCOc1ccccc1N1CC(C(=O)N(C)Cc2ccc(C(=O)O)cc2)CC1=O. The zero-order chi connectivity index (χ0) is 21.0. The fourth-order valence-electron chi connectivity index (χ4n) is 3.48. The highest BCUT2D eigenvalue weighted by atomic mass is 16.5. The highest BCUT2D eigenvalue weighted by Gasteiger charge is 2.37. The molecule has 1 fully saturated rings. The minimum absolute atomic E-state index is 0.102. The number of rotatable bonds is 7. The number of nitrogens with zero attached hydrogens (tertiary/aromatic N) is 2. The lowest BCUT2D eigenvalue weighted by molar-refractivity contribution is -0.135. The van der Waals surface area contributed by atoms with Gasteiger partial charge < -0.3 is 19.6 Å². The average molecular weight is 396 g/mol. The normalized spacial score (nSPS) is 16.0. The number of para-hydroxylation sites is 2. The fraction of sp³-hybridized carbons (Fsp3) is 0.318. The Kier molecular flexibility index (Phi) is 6.16. The largest absolute Gasteiger partial charge is 0.492 e. The molecule has 7 heteroatoms. The second-order valence-corrected chi connectivity index (χ2v) is 7.00. The van der Waals surface area contributed by atoms with E-state index >= 15 is 0 Å². The quantitative estimate of drug-likeness (QED) is 0.778. The predicted octanol–water partition coefficient (Wildman–Crippen LogP) is 2.80. The van der Waals surface area contributed by atoms with Gasteiger partial charge in [-0.15, -0.1) is 0 Å². The Morgan fingerprint density at radius 3 is 2.52 bits per heavy atom. The maximum absolute atomic E-state index is 12.9. The number of amides is 2. The van der Waals surface area contributed by atoms with Crippen LogP contribution >= 0.6 is 0 Å². The number of carboxylic acids is 1. The molecule has 1 aliphatic heterocycles. The second kappa shape index (κ2) is 8.77. The summed E-state index contributed by atoms with van der Waals surface area (Å²) < 4.78 is 5.62. The average Bonchev–Trinajstić information content (AvgIpc) is 3.10. The highest BCUT2D eigenvalue weighted by molar-refractivity contribution is 6.01. The van der Waals surface area contributed by atoms with Crippen LogP contribution in [0, 0.1) is 5.92 Å². The van der Waals surface area contributed by atoms with Crippen molar-refractivity contribution >= 4 is 23.5 Å². The monoisotopic (exact) mass is 396 g/mol. The molecular formula is C22H24N2O5. The lowest BCUT2D eigenvalue weighted by Gasteiger charge is -2.22. The van der Waals surface area contributed by atoms with Crippen LogP contribution in [0.15, 0.2) is 48.5 Å². The molecule has 2 aromatic rings. The summed E-state index contributed by atoms with van der Waals surface area (Å²) in [6.45, 7) is 3.03. The van der Waals surface area contributed by atoms with Crippen LogP contribution in [0.3, 0.4) is 0 Å². The van der Waals surface area contributed by atoms with Crippen LogP contribution in [-0.4, -0.2) is 48.0 Å². The van der Waals surface area contributed by atoms with Crippen LogP contribution in [0.25, 0.3) is 0 Å². The van der Waals surface area contributed by atoms with Gasteiger partial charge in [-0.25, -0.2) is 4.79 Å². The first-order valence-corrected chi connectivity index (χ1v) is 9.50. The number of benzene rings is 2. The van der Waals surface area contributed by atoms with E-state index in [1.165, 1.54) is 12.1 Å². The zero-order valence-electron chi connectivity index (χ0n) is 16.5. The molecule has 3 rings (SSSR count). The van der Waals surface area contributed by atoms with Gasteiger partial charge in [0.15, 0.2) is 0 Å². The third-order valence-electron chi connectivity index (χ3n) is 4.93. The fourth-order valence-corrected chi connectivity index (χ4v) is 3.48. The van der Waals surface area contributed by atoms with Gasteiger partial charge in [0.05, 0.1) is 23.8 Å². The Balaban J connectivity index is 1.67. The van der Waals surface area contributed by atoms with Gasteiger partial charge in [0.25, 0.3) is 0 Å². The molecule has 0 aromatic heterocycles. The number of anilines is 1. The van der Waals surface area contributed by atoms with Crippen molar-refractivity contribution in [1.82, 2.24) is 4.90 Å². The van der Waals surface area contributed by atoms with E-state index in [1.54, 1.807) is 29.0 Å². The van der Waals surface area contributed by atoms with E-state index in [4.69, 9.17) is 9.84 Å². The first kappa shape index (κ1) is 20.4. The zero-order valence-corrected chi connectivity index (χ0v) is 16.5. The standard InChI is InChI=1S/C22H24N2O5/c1-3-29-19-7-5-4-6-18(19)24-14-17(12-20(24)25)21(26)23(2)13-15-8-10-16(11-9-15)22(27)28/h4-11,17H,3,12-14H2,1-2H3,(H,27,28). The van der Waals surface area contributed by atoms with Crippen molar-refractivity contribution in [2.45, 2.75) is 19.9 Å². The lowest BCUT2D eigenvalue weighted by Crippen LogP contribution is -2.34. The van der Waals surface area contributed by atoms with Crippen molar-refractivity contribution in [2.75, 3.05) is 25.1 Å². The highest BCUT2D eigenvalue weighted by Crippen LogP contribution is 2.33. The summed E-state index contributed by atoms with van der Waals surface area (Å²) in [5.74, 6) is -1.01. The van der Waals surface area contributed by atoms with E-state index in [9.17, 15) is 14.4 Å². The van der Waals surface area contributed by atoms with Gasteiger partial charge in [-0.1, -0.05) is 24.3 Å². The number of hydrogen-bond donors (Lipinski definition) is 1. The van der Waals surface area contributed by atoms with Gasteiger partial charge >= 0.3 is 5.97 Å². The molecule has 7 nitrogen and oxygen atoms in total. The number of aromatic carboxylic acids is 1. The van der Waals surface area contributed by atoms with Crippen molar-refractivity contribution in [3.8, 4) is 5.75 Å². The maximum atomic E-state index is 12.9. The third-order valence-corrected chi connectivity index (χ3v) is 4.93. The van der Waals surface area contributed by atoms with E-state index in [0.29, 0.717) is 31.1 Å². The van der Waals surface area contributed by atoms with E-state index in [0.717, 1.165) is 5.56 Å². The van der Waals surface area contributed by atoms with Gasteiger partial charge in [0, 0.05) is 26.6 Å². The molecule has 2 aromatic carbocycles. The Morgan fingerprint density at radius 2 is 1.86 bits per heavy atom. The van der Waals surface area contributed by atoms with Crippen LogP contribution in [0.1, 0.15) is 29.3 Å². The van der Waals surface area contributed by atoms with Crippen molar-refractivity contribution in [3.63, 3.8) is 0 Å². The molecule has 0 spiro atoms. The van der Waals surface area contributed by atoms with Crippen molar-refractivity contribution in [1.29, 1.82) is 0 Å². The number of ether oxygens (including phenoxy) is 1. The van der Waals surface area contributed by atoms with Crippen LogP contribution in [0.4, 0.5) is 5.69 Å². The summed E-state index contributed by atoms with van der Waals surface area (Å²) in [4.78, 5) is 39.6. The summed E-state index contributed by atoms with van der Waals surface area (Å²) in [5, 5.41) is 8.98. The molecule has 0 radical (unpaired) electrons. The van der Waals surface area contributed by atoms with E-state index in [-0.39, 0.29) is 23.8 Å². The lowest BCUT2D eigenvalue weighted by atomic mass is 10.1. The van der Waals surface area contributed by atoms with Gasteiger partial charge in [0.2, 0.25) is 11.8 Å². The van der Waals surface area contributed by atoms with E-state index < -0.39 is 11.9 Å². The van der Waals surface area contributed by atoms with Crippen LogP contribution in [0.2, 0.25) is 0 Å². The summed E-state index contributed by atoms with van der Waals surface area (Å²) in [6, 6.07) is 13.7. The molecule has 1 N–H and O–H groups in total. The molecular weight excluding hydrogens is 372 g/mol. The van der Waals surface area contributed by atoms with Crippen molar-refractivity contribution in [2.24, 2.45) is 5.92 Å². The van der Waals surface area contributed by atoms with Crippen LogP contribution in [0.5, 0.6) is 5.75 Å². The smallest absolute Gasteiger partial charge is 0.335 e. The van der Waals surface area contributed by atoms with E-state index in [1.807, 2.05) is 31.2 Å². The Morgan fingerprint density at radius 1 is 1.17 bits per heavy atom. The Labute approximate surface area is 169 Å². The number of carbonyl (C=O) groups excluding carboxylic acids is 2. The Hall–Kier alpha value is -3.35. The number of hydrogen-bond acceptors (Lipinski definition) is 4. The predicted molar refractivity (Wildman–Crippen MR) is 108 cm³/mol. The van der Waals surface area contributed by atoms with E-state index in [2.05, 4.69) is 0 Å². The molecule has 1 unspecified atom stereocenters. The molecule has 29 heavy (non-hydrogen) atoms. The summed E-state index contributed by atoms with van der Waals surface area (Å²) in [7, 11) is 1.69. The van der Waals surface area contributed by atoms with Crippen LogP contribution in [-0.2, 0) is 16.1 Å². The first-order chi connectivity index (χ1) is 13.9. The molecule has 152 valence electrons. The van der Waals surface area contributed by atoms with Crippen LogP contribution < -0.4 is 9.64 Å². The molecule has 1 saturated heterocycles. The second-order valence-electron chi connectivity index (χ2n) is 7.00. The molecule has 0 saturated carbocycles. The van der Waals surface area contributed by atoms with Gasteiger partial charge in [-0.2, -0.15) is 0 Å².